The molecule has 0 aliphatic carbocycles. The third-order valence-electron chi connectivity index (χ3n) is 4.39. The van der Waals surface area contributed by atoms with Gasteiger partial charge in [-0.15, -0.1) is 0 Å². The van der Waals surface area contributed by atoms with E-state index in [2.05, 4.69) is 19.6 Å². The van der Waals surface area contributed by atoms with Gasteiger partial charge in [-0.25, -0.2) is 18.1 Å². The first kappa shape index (κ1) is 16.1. The van der Waals surface area contributed by atoms with Gasteiger partial charge >= 0.3 is 0 Å². The molecule has 25 heavy (non-hydrogen) atoms. The maximum absolute atomic E-state index is 12.6. The summed E-state index contributed by atoms with van der Waals surface area (Å²) in [4.78, 5) is 15.7. The molecule has 0 radical (unpaired) electrons. The highest BCUT2D eigenvalue weighted by Crippen LogP contribution is 2.30. The Morgan fingerprint density at radius 3 is 3.08 bits per heavy atom. The normalized spacial score (nSPS) is 16.6. The Kier molecular flexibility index (Phi) is 3.97. The van der Waals surface area contributed by atoms with E-state index >= 15 is 0 Å². The number of imidazole rings is 1. The topological polar surface area (TPSA) is 102 Å². The number of nitrogens with zero attached hydrogens (tertiary/aromatic N) is 2. The fourth-order valence-electron chi connectivity index (χ4n) is 3.09. The highest BCUT2D eigenvalue weighted by molar-refractivity contribution is 7.89. The van der Waals surface area contributed by atoms with Crippen molar-refractivity contribution in [3.63, 3.8) is 0 Å². The SMILES string of the molecule is O=C1COc2cc(S(=O)(=O)NCc3cnc4n3CCCC4)ccc2N1. The Morgan fingerprint density at radius 1 is 1.32 bits per heavy atom. The number of hydrogen-bond donors (Lipinski definition) is 2. The van der Waals surface area contributed by atoms with Crippen LogP contribution in [0.1, 0.15) is 24.4 Å². The quantitative estimate of drug-likeness (QED) is 0.846. The van der Waals surface area contributed by atoms with E-state index in [-0.39, 0.29) is 24.0 Å². The number of rotatable bonds is 4. The molecule has 1 amide bonds. The lowest BCUT2D eigenvalue weighted by Gasteiger charge is -2.19. The maximum atomic E-state index is 12.6. The molecule has 4 rings (SSSR count). The predicted octanol–water partition coefficient (Wildman–Crippen LogP) is 1.03. The summed E-state index contributed by atoms with van der Waals surface area (Å²) in [6, 6.07) is 4.40. The molecule has 0 bridgehead atoms. The standard InChI is InChI=1S/C16H18N4O4S/c21-16-10-24-14-7-12(4-5-13(14)19-16)25(22,23)18-9-11-8-17-15-3-1-2-6-20(11)15/h4-5,7-8,18H,1-3,6,9-10H2,(H,19,21). The molecule has 2 N–H and O–H groups in total. The van der Waals surface area contributed by atoms with E-state index < -0.39 is 10.0 Å². The van der Waals surface area contributed by atoms with E-state index in [4.69, 9.17) is 4.74 Å². The zero-order valence-electron chi connectivity index (χ0n) is 13.5. The van der Waals surface area contributed by atoms with Crippen molar-refractivity contribution in [1.82, 2.24) is 14.3 Å². The van der Waals surface area contributed by atoms with E-state index in [0.29, 0.717) is 11.4 Å². The van der Waals surface area contributed by atoms with Crippen LogP contribution in [0.2, 0.25) is 0 Å². The van der Waals surface area contributed by atoms with Crippen LogP contribution >= 0.6 is 0 Å². The van der Waals surface area contributed by atoms with Crippen LogP contribution in [0.25, 0.3) is 0 Å². The van der Waals surface area contributed by atoms with Gasteiger partial charge in [0.2, 0.25) is 10.0 Å². The number of carbonyl (C=O) groups excluding carboxylic acids is 1. The minimum atomic E-state index is -3.69. The summed E-state index contributed by atoms with van der Waals surface area (Å²) < 4.78 is 35.1. The van der Waals surface area contributed by atoms with Crippen molar-refractivity contribution in [2.75, 3.05) is 11.9 Å². The van der Waals surface area contributed by atoms with Crippen LogP contribution in [-0.4, -0.2) is 30.5 Å². The Labute approximate surface area is 145 Å². The van der Waals surface area contributed by atoms with Gasteiger partial charge in [0.25, 0.3) is 5.91 Å². The third kappa shape index (κ3) is 3.12. The maximum Gasteiger partial charge on any atom is 0.262 e. The average molecular weight is 362 g/mol. The van der Waals surface area contributed by atoms with Crippen molar-refractivity contribution >= 4 is 21.6 Å². The molecule has 3 heterocycles. The van der Waals surface area contributed by atoms with Crippen molar-refractivity contribution < 1.29 is 17.9 Å². The van der Waals surface area contributed by atoms with Crippen LogP contribution in [0.5, 0.6) is 5.75 Å². The van der Waals surface area contributed by atoms with Crippen molar-refractivity contribution in [3.05, 3.63) is 35.9 Å². The summed E-state index contributed by atoms with van der Waals surface area (Å²) in [7, 11) is -3.69. The van der Waals surface area contributed by atoms with E-state index in [1.807, 2.05) is 0 Å². The van der Waals surface area contributed by atoms with Gasteiger partial charge in [0.15, 0.2) is 6.61 Å². The molecule has 0 atom stereocenters. The number of fused-ring (bicyclic) bond motifs is 2. The molecule has 0 saturated carbocycles. The second kappa shape index (κ2) is 6.16. The minimum Gasteiger partial charge on any atom is -0.482 e. The molecule has 0 spiro atoms. The van der Waals surface area contributed by atoms with E-state index in [9.17, 15) is 13.2 Å². The first-order chi connectivity index (χ1) is 12.0. The lowest BCUT2D eigenvalue weighted by atomic mass is 10.2. The summed E-state index contributed by atoms with van der Waals surface area (Å²) >= 11 is 0. The van der Waals surface area contributed by atoms with Crippen molar-refractivity contribution in [2.45, 2.75) is 37.2 Å². The Bertz CT molecular complexity index is 936. The molecule has 8 nitrogen and oxygen atoms in total. The minimum absolute atomic E-state index is 0.0979. The number of nitrogens with one attached hydrogen (secondary N) is 2. The number of aromatic nitrogens is 2. The number of sulfonamides is 1. The molecule has 0 saturated heterocycles. The second-order valence-corrected chi connectivity index (χ2v) is 7.86. The fourth-order valence-corrected chi connectivity index (χ4v) is 4.11. The van der Waals surface area contributed by atoms with Crippen LogP contribution in [0.15, 0.2) is 29.3 Å². The summed E-state index contributed by atoms with van der Waals surface area (Å²) in [5, 5.41) is 2.64. The zero-order chi connectivity index (χ0) is 17.4. The molecule has 2 aliphatic rings. The number of hydrogen-bond acceptors (Lipinski definition) is 5. The van der Waals surface area contributed by atoms with Gasteiger partial charge in [-0.05, 0) is 25.0 Å². The van der Waals surface area contributed by atoms with E-state index in [1.165, 1.54) is 18.2 Å². The lowest BCUT2D eigenvalue weighted by Crippen LogP contribution is -2.27. The Hall–Kier alpha value is -2.39. The number of anilines is 1. The summed E-state index contributed by atoms with van der Waals surface area (Å²) in [6.45, 7) is 0.939. The molecule has 2 aromatic rings. The highest BCUT2D eigenvalue weighted by atomic mass is 32.2. The summed E-state index contributed by atoms with van der Waals surface area (Å²) in [6.07, 6.45) is 4.86. The van der Waals surface area contributed by atoms with Gasteiger partial charge < -0.3 is 14.6 Å². The van der Waals surface area contributed by atoms with Gasteiger partial charge in [-0.3, -0.25) is 4.79 Å². The van der Waals surface area contributed by atoms with Crippen molar-refractivity contribution in [2.24, 2.45) is 0 Å². The predicted molar refractivity (Wildman–Crippen MR) is 89.8 cm³/mol. The first-order valence-corrected chi connectivity index (χ1v) is 9.61. The molecule has 132 valence electrons. The summed E-state index contributed by atoms with van der Waals surface area (Å²) in [5.74, 6) is 1.11. The zero-order valence-corrected chi connectivity index (χ0v) is 14.3. The van der Waals surface area contributed by atoms with Gasteiger partial charge in [0.1, 0.15) is 11.6 Å². The summed E-state index contributed by atoms with van der Waals surface area (Å²) in [5.41, 5.74) is 1.33. The van der Waals surface area contributed by atoms with Crippen LogP contribution in [0.4, 0.5) is 5.69 Å². The van der Waals surface area contributed by atoms with Crippen LogP contribution in [0.3, 0.4) is 0 Å². The van der Waals surface area contributed by atoms with Gasteiger partial charge in [-0.1, -0.05) is 0 Å². The van der Waals surface area contributed by atoms with Crippen molar-refractivity contribution in [1.29, 1.82) is 0 Å². The Morgan fingerprint density at radius 2 is 2.20 bits per heavy atom. The molecule has 1 aromatic heterocycles. The van der Waals surface area contributed by atoms with Crippen LogP contribution < -0.4 is 14.8 Å². The molecular weight excluding hydrogens is 344 g/mol. The third-order valence-corrected chi connectivity index (χ3v) is 5.79. The average Bonchev–Trinajstić information content (AvgIpc) is 3.03. The van der Waals surface area contributed by atoms with E-state index in [1.54, 1.807) is 6.20 Å². The molecule has 0 fully saturated rings. The highest BCUT2D eigenvalue weighted by Gasteiger charge is 2.22. The number of aryl methyl sites for hydroxylation is 1. The van der Waals surface area contributed by atoms with Crippen LogP contribution in [-0.2, 0) is 34.3 Å². The molecule has 9 heteroatoms. The number of ether oxygens (including phenoxy) is 1. The number of benzene rings is 1. The van der Waals surface area contributed by atoms with Gasteiger partial charge in [-0.2, -0.15) is 0 Å². The fraction of sp³-hybridized carbons (Fsp3) is 0.375. The second-order valence-electron chi connectivity index (χ2n) is 6.09. The lowest BCUT2D eigenvalue weighted by molar-refractivity contribution is -0.118. The monoisotopic (exact) mass is 362 g/mol. The molecule has 1 aromatic carbocycles. The number of carbonyl (C=O) groups is 1. The first-order valence-electron chi connectivity index (χ1n) is 8.12. The van der Waals surface area contributed by atoms with Gasteiger partial charge in [0, 0.05) is 25.2 Å². The number of amides is 1. The van der Waals surface area contributed by atoms with Crippen LogP contribution in [0, 0.1) is 0 Å². The van der Waals surface area contributed by atoms with Gasteiger partial charge in [0.05, 0.1) is 22.8 Å². The van der Waals surface area contributed by atoms with Crippen molar-refractivity contribution in [3.8, 4) is 5.75 Å². The largest absolute Gasteiger partial charge is 0.482 e. The molecule has 2 aliphatic heterocycles. The molecular formula is C16H18N4O4S. The smallest absolute Gasteiger partial charge is 0.262 e. The Balaban J connectivity index is 1.52. The molecule has 0 unspecified atom stereocenters. The van der Waals surface area contributed by atoms with E-state index in [0.717, 1.165) is 37.3 Å².